The van der Waals surface area contributed by atoms with Crippen molar-refractivity contribution in [2.24, 2.45) is 0 Å². The van der Waals surface area contributed by atoms with Crippen LogP contribution in [0.1, 0.15) is 20.3 Å². The van der Waals surface area contributed by atoms with Gasteiger partial charge in [-0.1, -0.05) is 6.92 Å². The summed E-state index contributed by atoms with van der Waals surface area (Å²) >= 11 is 0. The van der Waals surface area contributed by atoms with Crippen LogP contribution in [-0.4, -0.2) is 12.5 Å². The number of nitrogens with one attached hydrogen (secondary N) is 1. The molecule has 0 radical (unpaired) electrons. The van der Waals surface area contributed by atoms with E-state index in [0.29, 0.717) is 6.54 Å². The van der Waals surface area contributed by atoms with Crippen LogP contribution in [-0.2, 0) is 4.79 Å². The molecule has 1 N–H and O–H groups in total. The average molecular weight is 126 g/mol. The van der Waals surface area contributed by atoms with Crippen LogP contribution in [0.3, 0.4) is 0 Å². The Kier molecular flexibility index (Phi) is 1.24. The molecule has 0 unspecified atom stereocenters. The van der Waals surface area contributed by atoms with Crippen LogP contribution in [0.5, 0.6) is 0 Å². The lowest BCUT2D eigenvalue weighted by Crippen LogP contribution is -2.17. The second-order valence-corrected chi connectivity index (χ2v) is 2.23. The SMILES string of the molecule is [2H]N1CC(C)=C(CC)C1=O. The molecule has 9 heavy (non-hydrogen) atoms. The minimum atomic E-state index is -0.125. The van der Waals surface area contributed by atoms with Crippen molar-refractivity contribution >= 4 is 5.91 Å². The van der Waals surface area contributed by atoms with Crippen molar-refractivity contribution in [1.82, 2.24) is 5.31 Å². The number of hydrogen-bond acceptors (Lipinski definition) is 1. The van der Waals surface area contributed by atoms with Gasteiger partial charge in [0.05, 0.1) is 0 Å². The molecule has 0 aliphatic carbocycles. The molecular weight excluding hydrogens is 114 g/mol. The summed E-state index contributed by atoms with van der Waals surface area (Å²) in [6.07, 6.45) is 0.750. The third kappa shape index (κ3) is 0.969. The lowest BCUT2D eigenvalue weighted by Gasteiger charge is -1.91. The van der Waals surface area contributed by atoms with Crippen LogP contribution in [0.2, 0.25) is 1.41 Å². The molecule has 2 heteroatoms. The predicted molar refractivity (Wildman–Crippen MR) is 36.0 cm³/mol. The standard InChI is InChI=1S/C7H11NO/c1-3-6-5(2)4-8-7(6)9/h3-4H2,1-2H3,(H,8,9)/i/hD. The molecule has 0 aromatic carbocycles. The summed E-state index contributed by atoms with van der Waals surface area (Å²) in [6.45, 7) is 4.34. The number of carbonyl (C=O) groups is 1. The highest BCUT2D eigenvalue weighted by Crippen LogP contribution is 2.12. The number of amides is 1. The Labute approximate surface area is 56.4 Å². The average Bonchev–Trinajstić information content (AvgIpc) is 2.09. The van der Waals surface area contributed by atoms with Crippen LogP contribution in [0.25, 0.3) is 0 Å². The molecule has 0 atom stereocenters. The van der Waals surface area contributed by atoms with Crippen LogP contribution >= 0.6 is 0 Å². The van der Waals surface area contributed by atoms with Crippen molar-refractivity contribution in [3.8, 4) is 0 Å². The predicted octanol–water partition coefficient (Wildman–Crippen LogP) is 0.843. The second-order valence-electron chi connectivity index (χ2n) is 2.23. The first-order valence-electron chi connectivity index (χ1n) is 3.61. The van der Waals surface area contributed by atoms with Crippen LogP contribution < -0.4 is 5.31 Å². The molecule has 0 spiro atoms. The zero-order valence-electron chi connectivity index (χ0n) is 6.77. The normalized spacial score (nSPS) is 21.3. The zero-order chi connectivity index (χ0) is 7.72. The molecule has 0 aromatic heterocycles. The summed E-state index contributed by atoms with van der Waals surface area (Å²) in [7, 11) is 0. The van der Waals surface area contributed by atoms with Gasteiger partial charge >= 0.3 is 0 Å². The molecule has 1 amide bonds. The van der Waals surface area contributed by atoms with E-state index in [0.717, 1.165) is 22.9 Å². The van der Waals surface area contributed by atoms with Crippen molar-refractivity contribution in [2.45, 2.75) is 20.3 Å². The lowest BCUT2D eigenvalue weighted by atomic mass is 10.1. The van der Waals surface area contributed by atoms with Gasteiger partial charge in [-0.25, -0.2) is 0 Å². The third-order valence-electron chi connectivity index (χ3n) is 1.59. The smallest absolute Gasteiger partial charge is 0.247 e. The van der Waals surface area contributed by atoms with E-state index in [9.17, 15) is 4.79 Å². The molecular formula is C7H11NO. The Morgan fingerprint density at radius 2 is 2.56 bits per heavy atom. The van der Waals surface area contributed by atoms with E-state index in [1.54, 1.807) is 0 Å². The molecule has 0 fully saturated rings. The molecule has 0 bridgehead atoms. The van der Waals surface area contributed by atoms with Crippen molar-refractivity contribution in [2.75, 3.05) is 6.54 Å². The van der Waals surface area contributed by atoms with Gasteiger partial charge in [-0.15, -0.1) is 0 Å². The first-order valence-corrected chi connectivity index (χ1v) is 3.16. The van der Waals surface area contributed by atoms with Crippen LogP contribution in [0.4, 0.5) is 0 Å². The van der Waals surface area contributed by atoms with Gasteiger partial charge in [-0.2, -0.15) is 0 Å². The largest absolute Gasteiger partial charge is 0.349 e. The Bertz CT molecular complexity index is 198. The zero-order valence-corrected chi connectivity index (χ0v) is 5.77. The fraction of sp³-hybridized carbons (Fsp3) is 0.571. The highest BCUT2D eigenvalue weighted by molar-refractivity contribution is 5.96. The summed E-state index contributed by atoms with van der Waals surface area (Å²) < 4.78 is 7.14. The van der Waals surface area contributed by atoms with Gasteiger partial charge in [0.1, 0.15) is 0 Å². The Balaban J connectivity index is 2.85. The van der Waals surface area contributed by atoms with Gasteiger partial charge < -0.3 is 5.31 Å². The maximum absolute atomic E-state index is 11.0. The van der Waals surface area contributed by atoms with Gasteiger partial charge in [0.2, 0.25) is 5.91 Å². The fourth-order valence-electron chi connectivity index (χ4n) is 1.02. The molecule has 1 aliphatic heterocycles. The van der Waals surface area contributed by atoms with Gasteiger partial charge in [0.25, 0.3) is 0 Å². The van der Waals surface area contributed by atoms with Gasteiger partial charge in [-0.3, -0.25) is 4.79 Å². The minimum Gasteiger partial charge on any atom is -0.349 e. The molecule has 0 saturated heterocycles. The monoisotopic (exact) mass is 126 g/mol. The maximum atomic E-state index is 11.0. The number of hydrogen-bond donors (Lipinski definition) is 1. The highest BCUT2D eigenvalue weighted by Gasteiger charge is 2.16. The summed E-state index contributed by atoms with van der Waals surface area (Å²) in [5, 5.41) is 1.01. The van der Waals surface area contributed by atoms with Gasteiger partial charge in [-0.05, 0) is 18.9 Å². The van der Waals surface area contributed by atoms with E-state index in [2.05, 4.69) is 0 Å². The molecule has 1 rings (SSSR count). The van der Waals surface area contributed by atoms with E-state index in [4.69, 9.17) is 1.41 Å². The minimum absolute atomic E-state index is 0.125. The molecule has 1 heterocycles. The molecule has 50 valence electrons. The number of rotatable bonds is 1. The van der Waals surface area contributed by atoms with E-state index < -0.39 is 0 Å². The van der Waals surface area contributed by atoms with E-state index in [1.807, 2.05) is 13.8 Å². The summed E-state index contributed by atoms with van der Waals surface area (Å²) in [6, 6.07) is 0. The topological polar surface area (TPSA) is 29.1 Å². The second kappa shape index (κ2) is 2.21. The van der Waals surface area contributed by atoms with Crippen molar-refractivity contribution in [3.05, 3.63) is 11.1 Å². The summed E-state index contributed by atoms with van der Waals surface area (Å²) in [4.78, 5) is 11.0. The fourth-order valence-corrected chi connectivity index (χ4v) is 1.02. The lowest BCUT2D eigenvalue weighted by molar-refractivity contribution is -0.116. The Morgan fingerprint density at radius 1 is 1.89 bits per heavy atom. The van der Waals surface area contributed by atoms with E-state index >= 15 is 0 Å². The van der Waals surface area contributed by atoms with Gasteiger partial charge in [0, 0.05) is 12.1 Å². The van der Waals surface area contributed by atoms with Crippen LogP contribution in [0.15, 0.2) is 11.1 Å². The maximum Gasteiger partial charge on any atom is 0.247 e. The summed E-state index contributed by atoms with van der Waals surface area (Å²) in [5.41, 5.74) is 1.86. The van der Waals surface area contributed by atoms with Crippen molar-refractivity contribution in [3.63, 3.8) is 0 Å². The third-order valence-corrected chi connectivity index (χ3v) is 1.59. The quantitative estimate of drug-likeness (QED) is 0.554. The first kappa shape index (κ1) is 5.03. The molecule has 1 aliphatic rings. The number of carbonyl (C=O) groups excluding carboxylic acids is 1. The Hall–Kier alpha value is -0.790. The first-order chi connectivity index (χ1) is 4.66. The highest BCUT2D eigenvalue weighted by atomic mass is 16.1. The van der Waals surface area contributed by atoms with Gasteiger partial charge in [0.15, 0.2) is 1.41 Å². The molecule has 0 saturated carbocycles. The van der Waals surface area contributed by atoms with Crippen molar-refractivity contribution in [1.29, 1.82) is 0 Å². The molecule has 0 aromatic rings. The Morgan fingerprint density at radius 3 is 2.78 bits per heavy atom. The van der Waals surface area contributed by atoms with Crippen molar-refractivity contribution < 1.29 is 6.21 Å². The van der Waals surface area contributed by atoms with E-state index in [-0.39, 0.29) is 5.91 Å². The van der Waals surface area contributed by atoms with E-state index in [1.165, 1.54) is 0 Å². The van der Waals surface area contributed by atoms with Crippen LogP contribution in [0, 0.1) is 0 Å². The molecule has 2 nitrogen and oxygen atoms in total. The summed E-state index contributed by atoms with van der Waals surface area (Å²) in [5.74, 6) is -0.125.